The Hall–Kier alpha value is -2.11. The van der Waals surface area contributed by atoms with Gasteiger partial charge in [0.05, 0.1) is 5.69 Å². The van der Waals surface area contributed by atoms with E-state index in [1.165, 1.54) is 0 Å². The number of phenolic OH excluding ortho intramolecular Hbond substituents is 1. The zero-order valence-corrected chi connectivity index (χ0v) is 16.0. The van der Waals surface area contributed by atoms with Crippen LogP contribution in [0.5, 0.6) is 17.2 Å². The molecule has 2 N–H and O–H groups in total. The SMILES string of the molecule is Oc1ccccc1N1CCC(CNCC2COc3ccc(Cl)cc3O2)CC1. The van der Waals surface area contributed by atoms with E-state index in [4.69, 9.17) is 21.1 Å². The molecule has 4 rings (SSSR count). The van der Waals surface area contributed by atoms with Crippen molar-refractivity contribution in [1.29, 1.82) is 0 Å². The number of fused-ring (bicyclic) bond motifs is 1. The number of nitrogens with zero attached hydrogens (tertiary/aromatic N) is 1. The summed E-state index contributed by atoms with van der Waals surface area (Å²) in [6.07, 6.45) is 2.22. The highest BCUT2D eigenvalue weighted by molar-refractivity contribution is 6.30. The Morgan fingerprint density at radius 1 is 1.07 bits per heavy atom. The Labute approximate surface area is 164 Å². The second-order valence-electron chi connectivity index (χ2n) is 7.22. The quantitative estimate of drug-likeness (QED) is 0.818. The molecule has 27 heavy (non-hydrogen) atoms. The Morgan fingerprint density at radius 2 is 1.89 bits per heavy atom. The minimum Gasteiger partial charge on any atom is -0.506 e. The number of nitrogens with one attached hydrogen (secondary N) is 1. The van der Waals surface area contributed by atoms with Crippen molar-refractivity contribution in [3.8, 4) is 17.2 Å². The maximum absolute atomic E-state index is 10.0. The van der Waals surface area contributed by atoms with E-state index in [0.29, 0.717) is 23.3 Å². The zero-order valence-electron chi connectivity index (χ0n) is 15.2. The van der Waals surface area contributed by atoms with E-state index in [1.54, 1.807) is 12.1 Å². The summed E-state index contributed by atoms with van der Waals surface area (Å²) >= 11 is 6.03. The van der Waals surface area contributed by atoms with Crippen LogP contribution in [0.25, 0.3) is 0 Å². The molecule has 1 unspecified atom stereocenters. The fourth-order valence-corrected chi connectivity index (χ4v) is 3.91. The molecule has 5 nitrogen and oxygen atoms in total. The van der Waals surface area contributed by atoms with Crippen molar-refractivity contribution in [1.82, 2.24) is 5.32 Å². The minimum absolute atomic E-state index is 0.00248. The molecule has 1 atom stereocenters. The van der Waals surface area contributed by atoms with Crippen molar-refractivity contribution < 1.29 is 14.6 Å². The summed E-state index contributed by atoms with van der Waals surface area (Å²) < 4.78 is 11.7. The molecular formula is C21H25ClN2O3. The van der Waals surface area contributed by atoms with Crippen LogP contribution in [-0.4, -0.2) is 44.0 Å². The number of piperidine rings is 1. The number of aromatic hydroxyl groups is 1. The van der Waals surface area contributed by atoms with E-state index in [-0.39, 0.29) is 6.10 Å². The summed E-state index contributed by atoms with van der Waals surface area (Å²) in [6.45, 7) is 4.22. The lowest BCUT2D eigenvalue weighted by Crippen LogP contribution is -2.42. The van der Waals surface area contributed by atoms with Gasteiger partial charge in [-0.1, -0.05) is 23.7 Å². The molecule has 2 heterocycles. The molecule has 1 fully saturated rings. The lowest BCUT2D eigenvalue weighted by molar-refractivity contribution is 0.0894. The van der Waals surface area contributed by atoms with Gasteiger partial charge in [-0.05, 0) is 49.6 Å². The van der Waals surface area contributed by atoms with Gasteiger partial charge in [0.25, 0.3) is 0 Å². The molecule has 0 radical (unpaired) electrons. The van der Waals surface area contributed by atoms with Crippen LogP contribution in [0.1, 0.15) is 12.8 Å². The third-order valence-electron chi connectivity index (χ3n) is 5.27. The second-order valence-corrected chi connectivity index (χ2v) is 7.66. The number of halogens is 1. The lowest BCUT2D eigenvalue weighted by Gasteiger charge is -2.34. The number of para-hydroxylation sites is 2. The predicted molar refractivity (Wildman–Crippen MR) is 107 cm³/mol. The number of phenols is 1. The summed E-state index contributed by atoms with van der Waals surface area (Å²) in [6, 6.07) is 13.0. The molecule has 2 aliphatic heterocycles. The highest BCUT2D eigenvalue weighted by Crippen LogP contribution is 2.34. The largest absolute Gasteiger partial charge is 0.506 e. The van der Waals surface area contributed by atoms with Crippen LogP contribution in [0.3, 0.4) is 0 Å². The normalized spacial score (nSPS) is 19.9. The van der Waals surface area contributed by atoms with Crippen molar-refractivity contribution in [2.75, 3.05) is 37.7 Å². The second kappa shape index (κ2) is 8.28. The summed E-state index contributed by atoms with van der Waals surface area (Å²) in [5.41, 5.74) is 0.939. The number of benzene rings is 2. The molecule has 0 spiro atoms. The zero-order chi connectivity index (χ0) is 18.6. The van der Waals surface area contributed by atoms with E-state index in [2.05, 4.69) is 10.2 Å². The van der Waals surface area contributed by atoms with Gasteiger partial charge in [-0.2, -0.15) is 0 Å². The van der Waals surface area contributed by atoms with Gasteiger partial charge >= 0.3 is 0 Å². The molecular weight excluding hydrogens is 364 g/mol. The predicted octanol–water partition coefficient (Wildman–Crippen LogP) is 3.69. The van der Waals surface area contributed by atoms with Crippen molar-refractivity contribution in [2.24, 2.45) is 5.92 Å². The molecule has 2 aromatic carbocycles. The van der Waals surface area contributed by atoms with Crippen LogP contribution in [-0.2, 0) is 0 Å². The van der Waals surface area contributed by atoms with Crippen LogP contribution in [0.15, 0.2) is 42.5 Å². The van der Waals surface area contributed by atoms with E-state index in [0.717, 1.165) is 56.2 Å². The number of anilines is 1. The van der Waals surface area contributed by atoms with Gasteiger partial charge in [0.15, 0.2) is 11.5 Å². The molecule has 2 aliphatic rings. The molecule has 1 saturated heterocycles. The van der Waals surface area contributed by atoms with E-state index >= 15 is 0 Å². The molecule has 0 aliphatic carbocycles. The van der Waals surface area contributed by atoms with Crippen LogP contribution in [0.2, 0.25) is 5.02 Å². The molecule has 2 aromatic rings. The molecule has 0 saturated carbocycles. The first-order valence-electron chi connectivity index (χ1n) is 9.52. The number of rotatable bonds is 5. The first kappa shape index (κ1) is 18.3. The maximum Gasteiger partial charge on any atom is 0.163 e. The summed E-state index contributed by atoms with van der Waals surface area (Å²) in [4.78, 5) is 2.27. The van der Waals surface area contributed by atoms with Gasteiger partial charge in [-0.25, -0.2) is 0 Å². The van der Waals surface area contributed by atoms with Gasteiger partial charge in [0.2, 0.25) is 0 Å². The molecule has 6 heteroatoms. The highest BCUT2D eigenvalue weighted by Gasteiger charge is 2.23. The number of ether oxygens (including phenoxy) is 2. The smallest absolute Gasteiger partial charge is 0.163 e. The monoisotopic (exact) mass is 388 g/mol. The highest BCUT2D eigenvalue weighted by atomic mass is 35.5. The van der Waals surface area contributed by atoms with Crippen molar-refractivity contribution in [3.05, 3.63) is 47.5 Å². The Morgan fingerprint density at radius 3 is 2.70 bits per heavy atom. The van der Waals surface area contributed by atoms with Gasteiger partial charge in [0.1, 0.15) is 18.5 Å². The fourth-order valence-electron chi connectivity index (χ4n) is 3.75. The van der Waals surface area contributed by atoms with Crippen LogP contribution < -0.4 is 19.7 Å². The van der Waals surface area contributed by atoms with Gasteiger partial charge in [-0.3, -0.25) is 0 Å². The molecule has 0 amide bonds. The molecule has 0 aromatic heterocycles. The standard InChI is InChI=1S/C21H25ClN2O3/c22-16-5-6-20-21(11-16)27-17(14-26-20)13-23-12-15-7-9-24(10-8-15)18-3-1-2-4-19(18)25/h1-6,11,15,17,23,25H,7-10,12-14H2. The Balaban J connectivity index is 1.20. The third-order valence-corrected chi connectivity index (χ3v) is 5.50. The summed E-state index contributed by atoms with van der Waals surface area (Å²) in [7, 11) is 0. The molecule has 144 valence electrons. The summed E-state index contributed by atoms with van der Waals surface area (Å²) in [5.74, 6) is 2.48. The van der Waals surface area contributed by atoms with Gasteiger partial charge in [-0.15, -0.1) is 0 Å². The van der Waals surface area contributed by atoms with Crippen molar-refractivity contribution in [3.63, 3.8) is 0 Å². The number of hydrogen-bond acceptors (Lipinski definition) is 5. The van der Waals surface area contributed by atoms with Crippen molar-refractivity contribution in [2.45, 2.75) is 18.9 Å². The average molecular weight is 389 g/mol. The lowest BCUT2D eigenvalue weighted by atomic mass is 9.96. The van der Waals surface area contributed by atoms with Crippen LogP contribution >= 0.6 is 11.6 Å². The molecule has 0 bridgehead atoms. The number of hydrogen-bond donors (Lipinski definition) is 2. The first-order valence-corrected chi connectivity index (χ1v) is 9.89. The van der Waals surface area contributed by atoms with E-state index < -0.39 is 0 Å². The topological polar surface area (TPSA) is 54.0 Å². The summed E-state index contributed by atoms with van der Waals surface area (Å²) in [5, 5.41) is 14.2. The Kier molecular flexibility index (Phi) is 5.60. The van der Waals surface area contributed by atoms with Crippen LogP contribution in [0, 0.1) is 5.92 Å². The average Bonchev–Trinajstić information content (AvgIpc) is 2.69. The van der Waals surface area contributed by atoms with Gasteiger partial charge in [0, 0.05) is 30.7 Å². The minimum atomic E-state index is -0.00248. The van der Waals surface area contributed by atoms with Gasteiger partial charge < -0.3 is 24.8 Å². The fraction of sp³-hybridized carbons (Fsp3) is 0.429. The van der Waals surface area contributed by atoms with Crippen molar-refractivity contribution >= 4 is 17.3 Å². The maximum atomic E-state index is 10.0. The third kappa shape index (κ3) is 4.42. The van der Waals surface area contributed by atoms with E-state index in [1.807, 2.05) is 30.3 Å². The van der Waals surface area contributed by atoms with Crippen LogP contribution in [0.4, 0.5) is 5.69 Å². The van der Waals surface area contributed by atoms with E-state index in [9.17, 15) is 5.11 Å². The first-order chi connectivity index (χ1) is 13.2. The Bertz CT molecular complexity index is 778.